The lowest BCUT2D eigenvalue weighted by Gasteiger charge is -2.14. The molecule has 5 nitrogen and oxygen atoms in total. The lowest BCUT2D eigenvalue weighted by atomic mass is 10.1. The molecule has 18 heavy (non-hydrogen) atoms. The number of methoxy groups -OCH3 is 1. The van der Waals surface area contributed by atoms with Gasteiger partial charge in [-0.1, -0.05) is 12.1 Å². The minimum absolute atomic E-state index is 0.208. The van der Waals surface area contributed by atoms with Crippen LogP contribution in [0.2, 0.25) is 0 Å². The van der Waals surface area contributed by atoms with Crippen LogP contribution in [0.15, 0.2) is 24.3 Å². The van der Waals surface area contributed by atoms with Gasteiger partial charge in [-0.15, -0.1) is 0 Å². The highest BCUT2D eigenvalue weighted by molar-refractivity contribution is 5.99. The van der Waals surface area contributed by atoms with E-state index in [2.05, 4.69) is 10.6 Å². The molecule has 1 rings (SSSR count). The van der Waals surface area contributed by atoms with Crippen molar-refractivity contribution in [2.24, 2.45) is 0 Å². The maximum Gasteiger partial charge on any atom is 0.255 e. The topological polar surface area (TPSA) is 67.4 Å². The Hall–Kier alpha value is -2.04. The molecule has 0 bridgehead atoms. The van der Waals surface area contributed by atoms with Crippen molar-refractivity contribution in [3.63, 3.8) is 0 Å². The molecule has 0 aromatic heterocycles. The molecule has 1 unspecified atom stereocenters. The van der Waals surface area contributed by atoms with Gasteiger partial charge < -0.3 is 15.4 Å². The molecule has 0 spiro atoms. The second-order valence-corrected chi connectivity index (χ2v) is 3.79. The summed E-state index contributed by atoms with van der Waals surface area (Å²) in [4.78, 5) is 23.5. The Morgan fingerprint density at radius 2 is 2.00 bits per heavy atom. The smallest absolute Gasteiger partial charge is 0.255 e. The molecule has 1 atom stereocenters. The summed E-state index contributed by atoms with van der Waals surface area (Å²) in [5, 5.41) is 5.27. The van der Waals surface area contributed by atoms with E-state index >= 15 is 0 Å². The normalized spacial score (nSPS) is 11.5. The van der Waals surface area contributed by atoms with E-state index < -0.39 is 6.04 Å². The van der Waals surface area contributed by atoms with Gasteiger partial charge in [-0.05, 0) is 26.0 Å². The summed E-state index contributed by atoms with van der Waals surface area (Å²) in [6, 6.07) is 6.30. The number of benzene rings is 1. The lowest BCUT2D eigenvalue weighted by Crippen LogP contribution is -2.44. The average Bonchev–Trinajstić information content (AvgIpc) is 2.38. The van der Waals surface area contributed by atoms with E-state index in [1.54, 1.807) is 31.2 Å². The number of hydrogen-bond donors (Lipinski definition) is 2. The van der Waals surface area contributed by atoms with Crippen molar-refractivity contribution >= 4 is 11.8 Å². The highest BCUT2D eigenvalue weighted by Gasteiger charge is 2.17. The lowest BCUT2D eigenvalue weighted by molar-refractivity contribution is -0.122. The number of rotatable bonds is 5. The van der Waals surface area contributed by atoms with E-state index in [0.29, 0.717) is 17.9 Å². The number of likely N-dealkylation sites (N-methyl/N-ethyl adjacent to an activating group) is 1. The van der Waals surface area contributed by atoms with Crippen molar-refractivity contribution < 1.29 is 14.3 Å². The van der Waals surface area contributed by atoms with Gasteiger partial charge in [-0.2, -0.15) is 0 Å². The summed E-state index contributed by atoms with van der Waals surface area (Å²) in [6.45, 7) is 4.00. The van der Waals surface area contributed by atoms with Gasteiger partial charge in [0.2, 0.25) is 5.91 Å². The Balaban J connectivity index is 2.73. The Kier molecular flexibility index (Phi) is 5.17. The zero-order valence-electron chi connectivity index (χ0n) is 10.8. The van der Waals surface area contributed by atoms with Crippen LogP contribution in [0.4, 0.5) is 0 Å². The molecule has 2 amide bonds. The standard InChI is InChI=1S/C13H18N2O3/c1-4-14-12(16)9(2)15-13(17)10-7-5-6-8-11(10)18-3/h5-9H,4H2,1-3H3,(H,14,16)(H,15,17). The molecule has 0 radical (unpaired) electrons. The number of hydrogen-bond acceptors (Lipinski definition) is 3. The number of para-hydroxylation sites is 1. The highest BCUT2D eigenvalue weighted by Crippen LogP contribution is 2.16. The van der Waals surface area contributed by atoms with Crippen molar-refractivity contribution in [1.29, 1.82) is 0 Å². The summed E-state index contributed by atoms with van der Waals surface area (Å²) < 4.78 is 5.09. The second kappa shape index (κ2) is 6.64. The fraction of sp³-hybridized carbons (Fsp3) is 0.385. The van der Waals surface area contributed by atoms with Gasteiger partial charge in [0.1, 0.15) is 11.8 Å². The summed E-state index contributed by atoms with van der Waals surface area (Å²) in [7, 11) is 1.50. The van der Waals surface area contributed by atoms with Crippen molar-refractivity contribution in [3.05, 3.63) is 29.8 Å². The molecule has 2 N–H and O–H groups in total. The molecule has 1 aromatic rings. The second-order valence-electron chi connectivity index (χ2n) is 3.79. The van der Waals surface area contributed by atoms with Gasteiger partial charge in [0.15, 0.2) is 0 Å². The van der Waals surface area contributed by atoms with Gasteiger partial charge >= 0.3 is 0 Å². The maximum atomic E-state index is 12.0. The molecule has 0 aliphatic rings. The first-order chi connectivity index (χ1) is 8.60. The maximum absolute atomic E-state index is 12.0. The van der Waals surface area contributed by atoms with E-state index in [0.717, 1.165) is 0 Å². The van der Waals surface area contributed by atoms with Gasteiger partial charge in [-0.3, -0.25) is 9.59 Å². The molecule has 0 heterocycles. The summed E-state index contributed by atoms with van der Waals surface area (Å²) in [6.07, 6.45) is 0. The van der Waals surface area contributed by atoms with Gasteiger partial charge in [0, 0.05) is 6.54 Å². The van der Waals surface area contributed by atoms with Crippen LogP contribution in [-0.4, -0.2) is 31.5 Å². The van der Waals surface area contributed by atoms with Gasteiger partial charge in [-0.25, -0.2) is 0 Å². The number of nitrogens with one attached hydrogen (secondary N) is 2. The van der Waals surface area contributed by atoms with E-state index in [9.17, 15) is 9.59 Å². The van der Waals surface area contributed by atoms with E-state index in [4.69, 9.17) is 4.74 Å². The van der Waals surface area contributed by atoms with E-state index in [-0.39, 0.29) is 11.8 Å². The predicted octanol–water partition coefficient (Wildman–Crippen LogP) is 0.950. The van der Waals surface area contributed by atoms with Crippen LogP contribution >= 0.6 is 0 Å². The predicted molar refractivity (Wildman–Crippen MR) is 68.6 cm³/mol. The molecule has 0 aliphatic carbocycles. The Morgan fingerprint density at radius 1 is 1.33 bits per heavy atom. The van der Waals surface area contributed by atoms with Crippen molar-refractivity contribution in [2.75, 3.05) is 13.7 Å². The number of amides is 2. The third-order valence-corrected chi connectivity index (χ3v) is 2.44. The summed E-state index contributed by atoms with van der Waals surface area (Å²) in [5.74, 6) is -0.0509. The molecular weight excluding hydrogens is 232 g/mol. The summed E-state index contributed by atoms with van der Waals surface area (Å²) >= 11 is 0. The quantitative estimate of drug-likeness (QED) is 0.817. The summed E-state index contributed by atoms with van der Waals surface area (Å²) in [5.41, 5.74) is 0.413. The average molecular weight is 250 g/mol. The number of carbonyl (C=O) groups is 2. The highest BCUT2D eigenvalue weighted by atomic mass is 16.5. The molecule has 0 saturated carbocycles. The Labute approximate surface area is 107 Å². The van der Waals surface area contributed by atoms with Crippen LogP contribution in [0.25, 0.3) is 0 Å². The van der Waals surface area contributed by atoms with Crippen molar-refractivity contribution in [3.8, 4) is 5.75 Å². The zero-order valence-corrected chi connectivity index (χ0v) is 10.8. The molecule has 0 fully saturated rings. The molecule has 0 aliphatic heterocycles. The van der Waals surface area contributed by atoms with E-state index in [1.807, 2.05) is 6.92 Å². The monoisotopic (exact) mass is 250 g/mol. The molecule has 1 aromatic carbocycles. The van der Waals surface area contributed by atoms with Crippen molar-refractivity contribution in [2.45, 2.75) is 19.9 Å². The number of ether oxygens (including phenoxy) is 1. The first kappa shape index (κ1) is 14.0. The van der Waals surface area contributed by atoms with Crippen LogP contribution in [-0.2, 0) is 4.79 Å². The van der Waals surface area contributed by atoms with Crippen molar-refractivity contribution in [1.82, 2.24) is 10.6 Å². The van der Waals surface area contributed by atoms with Crippen LogP contribution in [0.3, 0.4) is 0 Å². The third kappa shape index (κ3) is 3.48. The minimum atomic E-state index is -0.581. The fourth-order valence-electron chi connectivity index (χ4n) is 1.50. The van der Waals surface area contributed by atoms with Crippen LogP contribution in [0, 0.1) is 0 Å². The largest absolute Gasteiger partial charge is 0.496 e. The third-order valence-electron chi connectivity index (χ3n) is 2.44. The fourth-order valence-corrected chi connectivity index (χ4v) is 1.50. The first-order valence-electron chi connectivity index (χ1n) is 5.81. The first-order valence-corrected chi connectivity index (χ1v) is 5.81. The SMILES string of the molecule is CCNC(=O)C(C)NC(=O)c1ccccc1OC. The molecule has 98 valence electrons. The number of carbonyl (C=O) groups excluding carboxylic acids is 2. The van der Waals surface area contributed by atoms with Gasteiger partial charge in [0.25, 0.3) is 5.91 Å². The zero-order chi connectivity index (χ0) is 13.5. The molecule has 5 heteroatoms. The van der Waals surface area contributed by atoms with Gasteiger partial charge in [0.05, 0.1) is 12.7 Å². The van der Waals surface area contributed by atoms with Crippen LogP contribution in [0.5, 0.6) is 5.75 Å². The Bertz CT molecular complexity index is 432. The Morgan fingerprint density at radius 3 is 2.61 bits per heavy atom. The molecular formula is C13H18N2O3. The molecule has 0 saturated heterocycles. The van der Waals surface area contributed by atoms with Crippen LogP contribution in [0.1, 0.15) is 24.2 Å². The van der Waals surface area contributed by atoms with Crippen LogP contribution < -0.4 is 15.4 Å². The minimum Gasteiger partial charge on any atom is -0.496 e. The van der Waals surface area contributed by atoms with E-state index in [1.165, 1.54) is 7.11 Å².